The fourth-order valence-electron chi connectivity index (χ4n) is 2.77. The Morgan fingerprint density at radius 2 is 1.62 bits per heavy atom. The van der Waals surface area contributed by atoms with Gasteiger partial charge in [-0.2, -0.15) is 0 Å². The van der Waals surface area contributed by atoms with Crippen LogP contribution in [-0.4, -0.2) is 31.0 Å². The van der Waals surface area contributed by atoms with Gasteiger partial charge in [-0.1, -0.05) is 44.2 Å². The van der Waals surface area contributed by atoms with Crippen LogP contribution in [0, 0.1) is 0 Å². The number of carbonyl (C=O) groups excluding carboxylic acids is 2. The molecule has 4 N–H and O–H groups in total. The summed E-state index contributed by atoms with van der Waals surface area (Å²) in [7, 11) is 1.56. The van der Waals surface area contributed by atoms with Gasteiger partial charge >= 0.3 is 0 Å². The molecule has 6 nitrogen and oxygen atoms in total. The van der Waals surface area contributed by atoms with Crippen molar-refractivity contribution in [3.8, 4) is 5.75 Å². The van der Waals surface area contributed by atoms with Crippen LogP contribution in [0.25, 0.3) is 0 Å². The lowest BCUT2D eigenvalue weighted by Gasteiger charge is -2.28. The number of benzene rings is 2. The Kier molecular flexibility index (Phi) is 9.65. The third-order valence-corrected chi connectivity index (χ3v) is 5.05. The maximum Gasteiger partial charge on any atom is 0.252 e. The summed E-state index contributed by atoms with van der Waals surface area (Å²) in [6.45, 7) is 4.34. The molecule has 7 heteroatoms. The van der Waals surface area contributed by atoms with Crippen LogP contribution in [0.15, 0.2) is 54.6 Å². The van der Waals surface area contributed by atoms with E-state index >= 15 is 0 Å². The summed E-state index contributed by atoms with van der Waals surface area (Å²) in [5.74, 6) is 0.0359. The van der Waals surface area contributed by atoms with E-state index in [-0.39, 0.29) is 24.2 Å². The van der Waals surface area contributed by atoms with Gasteiger partial charge in [-0.3, -0.25) is 9.59 Å². The number of halogens is 1. The number of ether oxygens (including phenoxy) is 1. The van der Waals surface area contributed by atoms with E-state index < -0.39 is 11.6 Å². The maximum atomic E-state index is 12.9. The van der Waals surface area contributed by atoms with Crippen LogP contribution in [0.3, 0.4) is 0 Å². The Balaban J connectivity index is 0.00000420. The summed E-state index contributed by atoms with van der Waals surface area (Å²) >= 11 is 0. The molecule has 0 aliphatic carbocycles. The highest BCUT2D eigenvalue weighted by molar-refractivity contribution is 5.98. The second-order valence-corrected chi connectivity index (χ2v) is 6.83. The predicted molar refractivity (Wildman–Crippen MR) is 117 cm³/mol. The molecule has 158 valence electrons. The van der Waals surface area contributed by atoms with Crippen molar-refractivity contribution in [1.29, 1.82) is 0 Å². The summed E-state index contributed by atoms with van der Waals surface area (Å²) in [4.78, 5) is 25.6. The van der Waals surface area contributed by atoms with Crippen LogP contribution in [0.1, 0.15) is 48.7 Å². The van der Waals surface area contributed by atoms with Gasteiger partial charge in [-0.15, -0.1) is 12.4 Å². The van der Waals surface area contributed by atoms with E-state index in [2.05, 4.69) is 10.6 Å². The molecule has 0 aliphatic rings. The zero-order chi connectivity index (χ0) is 20.6. The van der Waals surface area contributed by atoms with E-state index in [9.17, 15) is 9.59 Å². The van der Waals surface area contributed by atoms with Gasteiger partial charge in [0.05, 0.1) is 7.11 Å². The zero-order valence-electron chi connectivity index (χ0n) is 17.1. The second-order valence-electron chi connectivity index (χ2n) is 6.83. The Morgan fingerprint density at radius 1 is 1.03 bits per heavy atom. The van der Waals surface area contributed by atoms with Crippen LogP contribution >= 0.6 is 12.4 Å². The van der Waals surface area contributed by atoms with E-state index in [0.717, 1.165) is 12.8 Å². The highest BCUT2D eigenvalue weighted by Crippen LogP contribution is 2.17. The summed E-state index contributed by atoms with van der Waals surface area (Å²) < 4.78 is 5.11. The number of carbonyl (C=O) groups is 2. The van der Waals surface area contributed by atoms with Crippen molar-refractivity contribution in [3.63, 3.8) is 0 Å². The minimum absolute atomic E-state index is 0. The molecule has 0 aliphatic heterocycles. The first-order chi connectivity index (χ1) is 13.4. The van der Waals surface area contributed by atoms with Gasteiger partial charge in [0.25, 0.3) is 5.91 Å². The standard InChI is InChI=1S/C22H29N3O3.ClH/c1-4-22(23,5-2)15-24-21(27)19(16-9-7-6-8-10-16)25-20(26)17-11-13-18(28-3)14-12-17;/h6-14,19H,4-5,15,23H2,1-3H3,(H,24,27)(H,25,26);1H. The van der Waals surface area contributed by atoms with E-state index in [0.29, 0.717) is 23.4 Å². The first kappa shape index (κ1) is 24.5. The quantitative estimate of drug-likeness (QED) is 0.581. The number of hydrogen-bond donors (Lipinski definition) is 3. The molecule has 0 radical (unpaired) electrons. The summed E-state index contributed by atoms with van der Waals surface area (Å²) in [6, 6.07) is 15.1. The summed E-state index contributed by atoms with van der Waals surface area (Å²) in [5, 5.41) is 5.73. The Morgan fingerprint density at radius 3 is 2.14 bits per heavy atom. The molecule has 1 unspecified atom stereocenters. The number of hydrogen-bond acceptors (Lipinski definition) is 4. The van der Waals surface area contributed by atoms with E-state index in [1.54, 1.807) is 31.4 Å². The topological polar surface area (TPSA) is 93.5 Å². The lowest BCUT2D eigenvalue weighted by atomic mass is 9.94. The smallest absolute Gasteiger partial charge is 0.252 e. The van der Waals surface area contributed by atoms with Crippen molar-refractivity contribution in [2.24, 2.45) is 5.73 Å². The Bertz CT molecular complexity index is 778. The van der Waals surface area contributed by atoms with Crippen LogP contribution in [0.2, 0.25) is 0 Å². The van der Waals surface area contributed by atoms with Gasteiger partial charge in [-0.25, -0.2) is 0 Å². The van der Waals surface area contributed by atoms with Crippen molar-refractivity contribution in [2.75, 3.05) is 13.7 Å². The zero-order valence-corrected chi connectivity index (χ0v) is 17.9. The fourth-order valence-corrected chi connectivity index (χ4v) is 2.77. The number of rotatable bonds is 9. The van der Waals surface area contributed by atoms with Crippen LogP contribution in [-0.2, 0) is 4.79 Å². The summed E-state index contributed by atoms with van der Waals surface area (Å²) in [5.41, 5.74) is 6.98. The van der Waals surface area contributed by atoms with Crippen LogP contribution in [0.4, 0.5) is 0 Å². The second kappa shape index (κ2) is 11.4. The SMILES string of the molecule is CCC(N)(CC)CNC(=O)C(NC(=O)c1ccc(OC)cc1)c1ccccc1.Cl. The largest absolute Gasteiger partial charge is 0.497 e. The first-order valence-corrected chi connectivity index (χ1v) is 9.49. The molecule has 0 fully saturated rings. The molecule has 29 heavy (non-hydrogen) atoms. The van der Waals surface area contributed by atoms with Crippen molar-refractivity contribution in [3.05, 3.63) is 65.7 Å². The van der Waals surface area contributed by atoms with Gasteiger partial charge in [-0.05, 0) is 42.7 Å². The lowest BCUT2D eigenvalue weighted by Crippen LogP contribution is -2.51. The van der Waals surface area contributed by atoms with Crippen LogP contribution in [0.5, 0.6) is 5.75 Å². The van der Waals surface area contributed by atoms with Crippen molar-refractivity contribution in [2.45, 2.75) is 38.3 Å². The first-order valence-electron chi connectivity index (χ1n) is 9.49. The molecular formula is C22H30ClN3O3. The van der Waals surface area contributed by atoms with Crippen molar-refractivity contribution < 1.29 is 14.3 Å². The highest BCUT2D eigenvalue weighted by Gasteiger charge is 2.26. The van der Waals surface area contributed by atoms with Gasteiger partial charge in [0, 0.05) is 17.6 Å². The average molecular weight is 420 g/mol. The van der Waals surface area contributed by atoms with E-state index in [1.165, 1.54) is 0 Å². The Labute approximate surface area is 178 Å². The molecule has 2 amide bonds. The predicted octanol–water partition coefficient (Wildman–Crippen LogP) is 3.22. The molecule has 0 saturated carbocycles. The number of methoxy groups -OCH3 is 1. The van der Waals surface area contributed by atoms with Gasteiger partial charge in [0.1, 0.15) is 11.8 Å². The van der Waals surface area contributed by atoms with Crippen molar-refractivity contribution in [1.82, 2.24) is 10.6 Å². The number of amides is 2. The molecule has 2 rings (SSSR count). The maximum absolute atomic E-state index is 12.9. The van der Waals surface area contributed by atoms with Gasteiger partial charge in [0.2, 0.25) is 5.91 Å². The minimum atomic E-state index is -0.811. The van der Waals surface area contributed by atoms with E-state index in [1.807, 2.05) is 44.2 Å². The fraction of sp³-hybridized carbons (Fsp3) is 0.364. The third kappa shape index (κ3) is 6.76. The Hall–Kier alpha value is -2.57. The van der Waals surface area contributed by atoms with Crippen molar-refractivity contribution >= 4 is 24.2 Å². The molecule has 0 saturated heterocycles. The molecular weight excluding hydrogens is 390 g/mol. The molecule has 0 heterocycles. The highest BCUT2D eigenvalue weighted by atomic mass is 35.5. The molecule has 2 aromatic carbocycles. The number of nitrogens with two attached hydrogens (primary N) is 1. The molecule has 0 aromatic heterocycles. The van der Waals surface area contributed by atoms with Gasteiger partial charge < -0.3 is 21.1 Å². The minimum Gasteiger partial charge on any atom is -0.497 e. The van der Waals surface area contributed by atoms with Gasteiger partial charge in [0.15, 0.2) is 0 Å². The molecule has 2 aromatic rings. The third-order valence-electron chi connectivity index (χ3n) is 5.05. The monoisotopic (exact) mass is 419 g/mol. The average Bonchev–Trinajstić information content (AvgIpc) is 2.76. The number of nitrogens with one attached hydrogen (secondary N) is 2. The van der Waals surface area contributed by atoms with Crippen LogP contribution < -0.4 is 21.1 Å². The molecule has 0 spiro atoms. The summed E-state index contributed by atoms with van der Waals surface area (Å²) in [6.07, 6.45) is 1.50. The van der Waals surface area contributed by atoms with E-state index in [4.69, 9.17) is 10.5 Å². The molecule has 0 bridgehead atoms. The molecule has 1 atom stereocenters. The lowest BCUT2D eigenvalue weighted by molar-refractivity contribution is -0.123. The normalized spacial score (nSPS) is 11.7.